The minimum absolute atomic E-state index is 0.208. The van der Waals surface area contributed by atoms with E-state index in [2.05, 4.69) is 15.3 Å². The number of rotatable bonds is 5. The largest absolute Gasteiger partial charge is 0.364 e. The Hall–Kier alpha value is -2.50. The lowest BCUT2D eigenvalue weighted by molar-refractivity contribution is 0.346. The second-order valence-corrected chi connectivity index (χ2v) is 7.77. The maximum absolute atomic E-state index is 12.8. The van der Waals surface area contributed by atoms with Gasteiger partial charge >= 0.3 is 0 Å². The average molecular weight is 357 g/mol. The quantitative estimate of drug-likeness (QED) is 0.880. The summed E-state index contributed by atoms with van der Waals surface area (Å²) in [5.74, 6) is 0.384. The zero-order valence-corrected chi connectivity index (χ0v) is 14.5. The summed E-state index contributed by atoms with van der Waals surface area (Å²) in [6.45, 7) is 1.52. The number of sulfonamides is 1. The summed E-state index contributed by atoms with van der Waals surface area (Å²) < 4.78 is 27.1. The van der Waals surface area contributed by atoms with Crippen LogP contribution in [0.15, 0.2) is 41.6 Å². The van der Waals surface area contributed by atoms with Crippen molar-refractivity contribution in [1.29, 1.82) is 5.26 Å². The highest BCUT2D eigenvalue weighted by Gasteiger charge is 2.25. The summed E-state index contributed by atoms with van der Waals surface area (Å²) in [6.07, 6.45) is 5.85. The van der Waals surface area contributed by atoms with Crippen molar-refractivity contribution in [3.8, 4) is 6.07 Å². The lowest BCUT2D eigenvalue weighted by Crippen LogP contribution is -2.35. The first-order chi connectivity index (χ1) is 12.1. The Labute approximate surface area is 147 Å². The van der Waals surface area contributed by atoms with E-state index in [1.165, 1.54) is 12.4 Å². The van der Waals surface area contributed by atoms with E-state index >= 15 is 0 Å². The number of piperidine rings is 1. The van der Waals surface area contributed by atoms with Gasteiger partial charge in [-0.2, -0.15) is 9.57 Å². The highest BCUT2D eigenvalue weighted by Crippen LogP contribution is 2.21. The van der Waals surface area contributed by atoms with Crippen LogP contribution >= 0.6 is 0 Å². The third-order valence-corrected chi connectivity index (χ3v) is 6.01. The van der Waals surface area contributed by atoms with Gasteiger partial charge in [0.05, 0.1) is 4.90 Å². The molecule has 0 unspecified atom stereocenters. The van der Waals surface area contributed by atoms with Gasteiger partial charge in [-0.05, 0) is 30.5 Å². The molecule has 0 spiro atoms. The van der Waals surface area contributed by atoms with Gasteiger partial charge in [0.2, 0.25) is 10.0 Å². The van der Waals surface area contributed by atoms with Crippen LogP contribution in [-0.4, -0.2) is 35.8 Å². The molecule has 0 bridgehead atoms. The van der Waals surface area contributed by atoms with E-state index in [0.717, 1.165) is 24.8 Å². The fourth-order valence-electron chi connectivity index (χ4n) is 2.81. The first kappa shape index (κ1) is 17.3. The Morgan fingerprint density at radius 2 is 1.92 bits per heavy atom. The molecule has 0 aliphatic carbocycles. The smallest absolute Gasteiger partial charge is 0.243 e. The zero-order valence-electron chi connectivity index (χ0n) is 13.7. The van der Waals surface area contributed by atoms with Gasteiger partial charge in [0.15, 0.2) is 11.5 Å². The van der Waals surface area contributed by atoms with Gasteiger partial charge in [0, 0.05) is 32.0 Å². The summed E-state index contributed by atoms with van der Waals surface area (Å²) in [5.41, 5.74) is 1.01. The lowest BCUT2D eigenvalue weighted by atomic mass is 10.2. The molecule has 0 amide bonds. The van der Waals surface area contributed by atoms with Crippen LogP contribution < -0.4 is 5.32 Å². The van der Waals surface area contributed by atoms with E-state index in [0.29, 0.717) is 30.3 Å². The fraction of sp³-hybridized carbons (Fsp3) is 0.353. The molecule has 1 aliphatic heterocycles. The monoisotopic (exact) mass is 357 g/mol. The number of hydrogen-bond donors (Lipinski definition) is 1. The molecule has 1 aromatic heterocycles. The first-order valence-corrected chi connectivity index (χ1v) is 9.59. The number of anilines is 1. The number of hydrogen-bond acceptors (Lipinski definition) is 6. The molecule has 7 nitrogen and oxygen atoms in total. The van der Waals surface area contributed by atoms with Gasteiger partial charge in [0.1, 0.15) is 6.07 Å². The minimum Gasteiger partial charge on any atom is -0.364 e. The van der Waals surface area contributed by atoms with Crippen molar-refractivity contribution in [3.63, 3.8) is 0 Å². The van der Waals surface area contributed by atoms with E-state index in [9.17, 15) is 8.42 Å². The van der Waals surface area contributed by atoms with Gasteiger partial charge < -0.3 is 5.32 Å². The standard InChI is InChI=1S/C17H19N5O2S/c18-12-16-17(20-8-7-19-16)21-13-14-5-4-6-15(11-14)25(23,24)22-9-2-1-3-10-22/h4-8,11H,1-3,9-10,13H2,(H,20,21). The molecule has 0 radical (unpaired) electrons. The highest BCUT2D eigenvalue weighted by atomic mass is 32.2. The Morgan fingerprint density at radius 1 is 1.16 bits per heavy atom. The number of benzene rings is 1. The summed E-state index contributed by atoms with van der Waals surface area (Å²) in [4.78, 5) is 8.32. The molecule has 0 saturated carbocycles. The van der Waals surface area contributed by atoms with E-state index in [1.807, 2.05) is 12.1 Å². The van der Waals surface area contributed by atoms with Crippen LogP contribution in [-0.2, 0) is 16.6 Å². The van der Waals surface area contributed by atoms with Crippen molar-refractivity contribution in [3.05, 3.63) is 47.9 Å². The topological polar surface area (TPSA) is 99.0 Å². The second-order valence-electron chi connectivity index (χ2n) is 5.83. The summed E-state index contributed by atoms with van der Waals surface area (Å²) >= 11 is 0. The van der Waals surface area contributed by atoms with E-state index < -0.39 is 10.0 Å². The predicted molar refractivity (Wildman–Crippen MR) is 93.1 cm³/mol. The van der Waals surface area contributed by atoms with Crippen molar-refractivity contribution in [2.45, 2.75) is 30.7 Å². The van der Waals surface area contributed by atoms with Crippen molar-refractivity contribution in [2.24, 2.45) is 0 Å². The fourth-order valence-corrected chi connectivity index (χ4v) is 4.39. The number of nitrogens with zero attached hydrogens (tertiary/aromatic N) is 4. The molecule has 25 heavy (non-hydrogen) atoms. The van der Waals surface area contributed by atoms with Crippen LogP contribution in [0.25, 0.3) is 0 Å². The average Bonchev–Trinajstić information content (AvgIpc) is 2.67. The lowest BCUT2D eigenvalue weighted by Gasteiger charge is -2.26. The molecular formula is C17H19N5O2S. The normalized spacial score (nSPS) is 15.5. The zero-order chi connectivity index (χ0) is 17.7. The molecular weight excluding hydrogens is 338 g/mol. The molecule has 3 rings (SSSR count). The molecule has 1 N–H and O–H groups in total. The Kier molecular flexibility index (Phi) is 5.26. The predicted octanol–water partition coefficient (Wildman–Crippen LogP) is 2.13. The van der Waals surface area contributed by atoms with Crippen molar-refractivity contribution >= 4 is 15.8 Å². The van der Waals surface area contributed by atoms with Gasteiger partial charge in [-0.3, -0.25) is 0 Å². The Balaban J connectivity index is 1.76. The third kappa shape index (κ3) is 3.95. The third-order valence-electron chi connectivity index (χ3n) is 4.12. The summed E-state index contributed by atoms with van der Waals surface area (Å²) in [7, 11) is -3.46. The van der Waals surface area contributed by atoms with Crippen LogP contribution in [0.4, 0.5) is 5.82 Å². The van der Waals surface area contributed by atoms with Gasteiger partial charge in [-0.1, -0.05) is 18.6 Å². The van der Waals surface area contributed by atoms with Crippen LogP contribution in [0.5, 0.6) is 0 Å². The second kappa shape index (κ2) is 7.59. The van der Waals surface area contributed by atoms with E-state index in [1.54, 1.807) is 22.5 Å². The van der Waals surface area contributed by atoms with Gasteiger partial charge in [-0.25, -0.2) is 18.4 Å². The summed E-state index contributed by atoms with van der Waals surface area (Å²) in [6, 6.07) is 8.83. The molecule has 2 heterocycles. The maximum Gasteiger partial charge on any atom is 0.243 e. The van der Waals surface area contributed by atoms with Crippen molar-refractivity contribution < 1.29 is 8.42 Å². The number of nitrogens with one attached hydrogen (secondary N) is 1. The van der Waals surface area contributed by atoms with Crippen LogP contribution in [0.1, 0.15) is 30.5 Å². The van der Waals surface area contributed by atoms with Gasteiger partial charge in [-0.15, -0.1) is 0 Å². The molecule has 130 valence electrons. The van der Waals surface area contributed by atoms with Crippen LogP contribution in [0.2, 0.25) is 0 Å². The van der Waals surface area contributed by atoms with Crippen LogP contribution in [0, 0.1) is 11.3 Å². The van der Waals surface area contributed by atoms with Gasteiger partial charge in [0.25, 0.3) is 0 Å². The Morgan fingerprint density at radius 3 is 2.68 bits per heavy atom. The van der Waals surface area contributed by atoms with Crippen molar-refractivity contribution in [2.75, 3.05) is 18.4 Å². The Bertz CT molecular complexity index is 886. The molecule has 1 fully saturated rings. The van der Waals surface area contributed by atoms with E-state index in [-0.39, 0.29) is 5.69 Å². The minimum atomic E-state index is -3.46. The maximum atomic E-state index is 12.8. The number of nitriles is 1. The molecule has 1 saturated heterocycles. The SMILES string of the molecule is N#Cc1nccnc1NCc1cccc(S(=O)(=O)N2CCCCC2)c1. The first-order valence-electron chi connectivity index (χ1n) is 8.15. The molecule has 0 atom stereocenters. The van der Waals surface area contributed by atoms with Crippen LogP contribution in [0.3, 0.4) is 0 Å². The van der Waals surface area contributed by atoms with Crippen molar-refractivity contribution in [1.82, 2.24) is 14.3 Å². The molecule has 1 aliphatic rings. The van der Waals surface area contributed by atoms with E-state index in [4.69, 9.17) is 5.26 Å². The highest BCUT2D eigenvalue weighted by molar-refractivity contribution is 7.89. The molecule has 1 aromatic carbocycles. The summed E-state index contributed by atoms with van der Waals surface area (Å²) in [5, 5.41) is 12.1. The molecule has 2 aromatic rings. The molecule has 8 heteroatoms. The number of aromatic nitrogens is 2.